The van der Waals surface area contributed by atoms with Crippen LogP contribution >= 0.6 is 23.2 Å². The molecule has 1 saturated carbocycles. The summed E-state index contributed by atoms with van der Waals surface area (Å²) < 4.78 is 7.25. The molecule has 1 aliphatic carbocycles. The third-order valence-corrected chi connectivity index (χ3v) is 7.20. The summed E-state index contributed by atoms with van der Waals surface area (Å²) in [4.78, 5) is 14.0. The van der Waals surface area contributed by atoms with Crippen LogP contribution in [0.1, 0.15) is 42.0 Å². The van der Waals surface area contributed by atoms with E-state index in [4.69, 9.17) is 27.9 Å². The number of aryl methyl sites for hydroxylation is 1. The molecule has 1 heterocycles. The van der Waals surface area contributed by atoms with Gasteiger partial charge in [-0.25, -0.2) is 0 Å². The number of carboxylic acids is 1. The van der Waals surface area contributed by atoms with Crippen LogP contribution in [0, 0.1) is 12.8 Å². The second-order valence-corrected chi connectivity index (χ2v) is 10.1. The monoisotopic (exact) mass is 532 g/mol. The summed E-state index contributed by atoms with van der Waals surface area (Å²) in [5, 5.41) is 30.1. The molecule has 1 aromatic heterocycles. The van der Waals surface area contributed by atoms with E-state index in [0.717, 1.165) is 36.1 Å². The maximum Gasteiger partial charge on any atom is 0.305 e. The van der Waals surface area contributed by atoms with Crippen LogP contribution in [0.25, 0.3) is 0 Å². The van der Waals surface area contributed by atoms with Crippen molar-refractivity contribution in [2.75, 3.05) is 13.2 Å². The van der Waals surface area contributed by atoms with E-state index in [1.807, 2.05) is 31.2 Å². The average molecular weight is 533 g/mol. The number of hydrogen-bond acceptors (Lipinski definition) is 5. The molecule has 2 aromatic carbocycles. The lowest BCUT2D eigenvalue weighted by Crippen LogP contribution is -2.32. The Morgan fingerprint density at radius 3 is 2.42 bits per heavy atom. The number of halogens is 2. The van der Waals surface area contributed by atoms with Crippen molar-refractivity contribution in [2.24, 2.45) is 5.92 Å². The van der Waals surface area contributed by atoms with Gasteiger partial charge in [-0.05, 0) is 60.6 Å². The number of nitrogens with zero attached hydrogens (tertiary/aromatic N) is 2. The predicted octanol–water partition coefficient (Wildman–Crippen LogP) is 6.02. The second kappa shape index (κ2) is 11.5. The number of aromatic hydroxyl groups is 2. The molecule has 1 fully saturated rings. The van der Waals surface area contributed by atoms with E-state index in [1.54, 1.807) is 12.1 Å². The van der Waals surface area contributed by atoms with Crippen LogP contribution in [0.2, 0.25) is 10.0 Å². The van der Waals surface area contributed by atoms with Gasteiger partial charge >= 0.3 is 5.97 Å². The summed E-state index contributed by atoms with van der Waals surface area (Å²) in [7, 11) is 0. The van der Waals surface area contributed by atoms with Crippen LogP contribution < -0.4 is 4.74 Å². The molecule has 3 aromatic rings. The first-order valence-corrected chi connectivity index (χ1v) is 12.7. The second-order valence-electron chi connectivity index (χ2n) is 9.31. The average Bonchev–Trinajstić information content (AvgIpc) is 3.59. The van der Waals surface area contributed by atoms with Crippen molar-refractivity contribution < 1.29 is 24.9 Å². The number of carboxylic acid groups (broad SMARTS) is 1. The minimum atomic E-state index is -0.869. The lowest BCUT2D eigenvalue weighted by Gasteiger charge is -2.32. The van der Waals surface area contributed by atoms with Gasteiger partial charge in [0.25, 0.3) is 0 Å². The number of benzene rings is 2. The van der Waals surface area contributed by atoms with Crippen molar-refractivity contribution in [1.29, 1.82) is 0 Å². The summed E-state index contributed by atoms with van der Waals surface area (Å²) in [5.41, 5.74) is 2.83. The van der Waals surface area contributed by atoms with E-state index >= 15 is 0 Å². The van der Waals surface area contributed by atoms with Gasteiger partial charge < -0.3 is 20.1 Å². The fraction of sp³-hybridized carbons (Fsp3) is 0.370. The van der Waals surface area contributed by atoms with E-state index in [1.165, 1.54) is 16.7 Å². The first kappa shape index (κ1) is 26.2. The molecule has 192 valence electrons. The standard InChI is InChI=1S/C27H30Cl2N2O5/c1-17-12-19(4-7-24(17)36-11-10-31-25(32)8-9-26(31)33)16-30(15-18-2-3-18)23(14-27(34)35)20-5-6-21(28)22(29)13-20/h4-9,12-13,18,23,32-33H,2-3,10-11,14-16H2,1H3,(H,34,35)/t23-/m1/s1. The van der Waals surface area contributed by atoms with E-state index in [-0.39, 0.29) is 30.8 Å². The van der Waals surface area contributed by atoms with Gasteiger partial charge in [0.2, 0.25) is 0 Å². The molecule has 0 saturated heterocycles. The van der Waals surface area contributed by atoms with Gasteiger partial charge in [0.05, 0.1) is 23.0 Å². The van der Waals surface area contributed by atoms with Gasteiger partial charge in [0.1, 0.15) is 12.4 Å². The van der Waals surface area contributed by atoms with E-state index in [0.29, 0.717) is 34.8 Å². The van der Waals surface area contributed by atoms with E-state index in [2.05, 4.69) is 4.90 Å². The molecule has 4 rings (SSSR count). The maximum absolute atomic E-state index is 11.8. The summed E-state index contributed by atoms with van der Waals surface area (Å²) in [6.07, 6.45) is 2.26. The zero-order chi connectivity index (χ0) is 25.8. The molecule has 7 nitrogen and oxygen atoms in total. The lowest BCUT2D eigenvalue weighted by atomic mass is 10.00. The molecule has 0 unspecified atom stereocenters. The Balaban J connectivity index is 1.49. The maximum atomic E-state index is 11.8. The molecule has 0 radical (unpaired) electrons. The van der Waals surface area contributed by atoms with E-state index in [9.17, 15) is 20.1 Å². The minimum absolute atomic E-state index is 0.0168. The highest BCUT2D eigenvalue weighted by Gasteiger charge is 2.30. The van der Waals surface area contributed by atoms with Crippen molar-refractivity contribution in [3.05, 3.63) is 75.3 Å². The van der Waals surface area contributed by atoms with Gasteiger partial charge in [0.15, 0.2) is 11.8 Å². The first-order valence-electron chi connectivity index (χ1n) is 11.9. The molecule has 1 aliphatic rings. The van der Waals surface area contributed by atoms with Crippen LogP contribution in [0.4, 0.5) is 0 Å². The normalized spacial score (nSPS) is 14.2. The van der Waals surface area contributed by atoms with Gasteiger partial charge in [-0.3, -0.25) is 14.3 Å². The van der Waals surface area contributed by atoms with Gasteiger partial charge in [-0.15, -0.1) is 0 Å². The zero-order valence-electron chi connectivity index (χ0n) is 20.0. The predicted molar refractivity (Wildman–Crippen MR) is 139 cm³/mol. The van der Waals surface area contributed by atoms with Crippen LogP contribution in [0.5, 0.6) is 17.5 Å². The van der Waals surface area contributed by atoms with Gasteiger partial charge in [-0.1, -0.05) is 41.4 Å². The third-order valence-electron chi connectivity index (χ3n) is 6.46. The molecule has 0 aliphatic heterocycles. The van der Waals surface area contributed by atoms with Gasteiger partial charge in [0, 0.05) is 31.3 Å². The number of hydrogen-bond donors (Lipinski definition) is 3. The first-order chi connectivity index (χ1) is 17.2. The Hall–Kier alpha value is -2.87. The molecular weight excluding hydrogens is 503 g/mol. The molecule has 9 heteroatoms. The summed E-state index contributed by atoms with van der Waals surface area (Å²) >= 11 is 12.4. The molecule has 1 atom stereocenters. The number of ether oxygens (including phenoxy) is 1. The van der Waals surface area contributed by atoms with Crippen molar-refractivity contribution >= 4 is 29.2 Å². The fourth-order valence-corrected chi connectivity index (χ4v) is 4.71. The molecule has 0 bridgehead atoms. The minimum Gasteiger partial charge on any atom is -0.494 e. The van der Waals surface area contributed by atoms with Crippen LogP contribution in [0.15, 0.2) is 48.5 Å². The van der Waals surface area contributed by atoms with Crippen molar-refractivity contribution in [2.45, 2.75) is 45.3 Å². The van der Waals surface area contributed by atoms with Crippen LogP contribution in [-0.4, -0.2) is 43.9 Å². The number of carbonyl (C=O) groups is 1. The Labute approximate surface area is 220 Å². The topological polar surface area (TPSA) is 95.2 Å². The summed E-state index contributed by atoms with van der Waals surface area (Å²) in [6.45, 7) is 3.94. The molecule has 0 amide bonds. The van der Waals surface area contributed by atoms with Crippen molar-refractivity contribution in [3.63, 3.8) is 0 Å². The Bertz CT molecular complexity index is 1210. The summed E-state index contributed by atoms with van der Waals surface area (Å²) in [6, 6.07) is 13.8. The zero-order valence-corrected chi connectivity index (χ0v) is 21.5. The fourth-order valence-electron chi connectivity index (χ4n) is 4.41. The lowest BCUT2D eigenvalue weighted by molar-refractivity contribution is -0.138. The van der Waals surface area contributed by atoms with Crippen LogP contribution in [0.3, 0.4) is 0 Å². The largest absolute Gasteiger partial charge is 0.494 e. The highest BCUT2D eigenvalue weighted by molar-refractivity contribution is 6.42. The molecule has 3 N–H and O–H groups in total. The van der Waals surface area contributed by atoms with Crippen molar-refractivity contribution in [3.8, 4) is 17.5 Å². The Morgan fingerprint density at radius 2 is 1.81 bits per heavy atom. The highest BCUT2D eigenvalue weighted by Crippen LogP contribution is 2.37. The number of aromatic nitrogens is 1. The number of rotatable bonds is 12. The Morgan fingerprint density at radius 1 is 1.08 bits per heavy atom. The SMILES string of the molecule is Cc1cc(CN(CC2CC2)[C@H](CC(=O)O)c2ccc(Cl)c(Cl)c2)ccc1OCCn1c(O)ccc1O. The number of aliphatic carboxylic acids is 1. The molecule has 36 heavy (non-hydrogen) atoms. The summed E-state index contributed by atoms with van der Waals surface area (Å²) in [5.74, 6) is 0.375. The molecular formula is C27H30Cl2N2O5. The van der Waals surface area contributed by atoms with Crippen molar-refractivity contribution in [1.82, 2.24) is 9.47 Å². The smallest absolute Gasteiger partial charge is 0.305 e. The third kappa shape index (κ3) is 6.66. The van der Waals surface area contributed by atoms with Gasteiger partial charge in [-0.2, -0.15) is 0 Å². The quantitative estimate of drug-likeness (QED) is 0.264. The Kier molecular flexibility index (Phi) is 8.34. The molecule has 0 spiro atoms. The highest BCUT2D eigenvalue weighted by atomic mass is 35.5. The van der Waals surface area contributed by atoms with E-state index < -0.39 is 5.97 Å². The van der Waals surface area contributed by atoms with Crippen LogP contribution in [-0.2, 0) is 17.9 Å².